The number of nitrogens with one attached hydrogen (secondary N) is 1. The number of aliphatic hydroxyl groups excluding tert-OH is 1. The van der Waals surface area contributed by atoms with Crippen molar-refractivity contribution >= 4 is 5.91 Å². The highest BCUT2D eigenvalue weighted by molar-refractivity contribution is 5.75. The summed E-state index contributed by atoms with van der Waals surface area (Å²) in [5, 5.41) is 11.3. The molecular formula is C10H21NO3. The number of unbranched alkanes of at least 4 members (excludes halogenated alkanes) is 1. The van der Waals surface area contributed by atoms with Gasteiger partial charge >= 0.3 is 0 Å². The topological polar surface area (TPSA) is 58.6 Å². The fraction of sp³-hybridized carbons (Fsp3) is 0.900. The summed E-state index contributed by atoms with van der Waals surface area (Å²) >= 11 is 0. The minimum Gasteiger partial charge on any atom is -0.396 e. The van der Waals surface area contributed by atoms with E-state index in [-0.39, 0.29) is 12.5 Å². The normalized spacial score (nSPS) is 12.5. The maximum atomic E-state index is 11.2. The average molecular weight is 203 g/mol. The summed E-state index contributed by atoms with van der Waals surface area (Å²) in [6.45, 7) is 3.51. The van der Waals surface area contributed by atoms with E-state index in [0.29, 0.717) is 31.9 Å². The number of aliphatic hydroxyl groups is 1. The first-order valence-electron chi connectivity index (χ1n) is 5.07. The van der Waals surface area contributed by atoms with Crippen LogP contribution in [0.25, 0.3) is 0 Å². The van der Waals surface area contributed by atoms with Crippen LogP contribution in [-0.4, -0.2) is 37.9 Å². The van der Waals surface area contributed by atoms with E-state index in [0.717, 1.165) is 6.42 Å². The summed E-state index contributed by atoms with van der Waals surface area (Å²) < 4.78 is 4.95. The van der Waals surface area contributed by atoms with E-state index in [1.807, 2.05) is 6.92 Å². The molecule has 0 aliphatic carbocycles. The summed E-state index contributed by atoms with van der Waals surface area (Å²) in [4.78, 5) is 11.2. The van der Waals surface area contributed by atoms with E-state index < -0.39 is 0 Å². The number of methoxy groups -OCH3 is 1. The van der Waals surface area contributed by atoms with Gasteiger partial charge in [-0.3, -0.25) is 4.79 Å². The molecule has 14 heavy (non-hydrogen) atoms. The number of carbonyl (C=O) groups excluding carboxylic acids is 1. The highest BCUT2D eigenvalue weighted by atomic mass is 16.5. The Labute approximate surface area is 85.6 Å². The number of carbonyl (C=O) groups is 1. The number of hydrogen-bond acceptors (Lipinski definition) is 3. The molecule has 1 amide bonds. The van der Waals surface area contributed by atoms with Gasteiger partial charge in [0.05, 0.1) is 6.61 Å². The molecule has 0 saturated heterocycles. The number of rotatable bonds is 8. The molecule has 0 aromatic rings. The SMILES string of the molecule is COCC(C)CNC(=O)CCCCO. The third-order valence-corrected chi connectivity index (χ3v) is 1.91. The quantitative estimate of drug-likeness (QED) is 0.566. The second kappa shape index (κ2) is 8.97. The zero-order valence-electron chi connectivity index (χ0n) is 9.08. The minimum absolute atomic E-state index is 0.0569. The molecule has 2 N–H and O–H groups in total. The fourth-order valence-corrected chi connectivity index (χ4v) is 1.12. The predicted octanol–water partition coefficient (Wildman–Crippen LogP) is 0.548. The van der Waals surface area contributed by atoms with Crippen LogP contribution >= 0.6 is 0 Å². The van der Waals surface area contributed by atoms with E-state index in [1.54, 1.807) is 7.11 Å². The second-order valence-corrected chi connectivity index (χ2v) is 3.55. The van der Waals surface area contributed by atoms with Crippen LogP contribution in [0.3, 0.4) is 0 Å². The summed E-state index contributed by atoms with van der Waals surface area (Å²) in [5.41, 5.74) is 0. The average Bonchev–Trinajstić information content (AvgIpc) is 2.16. The molecule has 0 spiro atoms. The van der Waals surface area contributed by atoms with Gasteiger partial charge in [0.25, 0.3) is 0 Å². The van der Waals surface area contributed by atoms with Crippen molar-refractivity contribution in [2.45, 2.75) is 26.2 Å². The predicted molar refractivity (Wildman–Crippen MR) is 55.0 cm³/mol. The molecule has 1 unspecified atom stereocenters. The summed E-state index contributed by atoms with van der Waals surface area (Å²) in [6.07, 6.45) is 1.95. The second-order valence-electron chi connectivity index (χ2n) is 3.55. The Morgan fingerprint density at radius 3 is 2.79 bits per heavy atom. The third kappa shape index (κ3) is 8.01. The smallest absolute Gasteiger partial charge is 0.220 e. The number of ether oxygens (including phenoxy) is 1. The number of amides is 1. The molecule has 4 nitrogen and oxygen atoms in total. The van der Waals surface area contributed by atoms with Crippen LogP contribution in [0.1, 0.15) is 26.2 Å². The Morgan fingerprint density at radius 2 is 2.21 bits per heavy atom. The lowest BCUT2D eigenvalue weighted by Gasteiger charge is -2.11. The van der Waals surface area contributed by atoms with Crippen molar-refractivity contribution in [2.75, 3.05) is 26.9 Å². The van der Waals surface area contributed by atoms with E-state index >= 15 is 0 Å². The van der Waals surface area contributed by atoms with Gasteiger partial charge in [-0.15, -0.1) is 0 Å². The van der Waals surface area contributed by atoms with Crippen LogP contribution in [0.4, 0.5) is 0 Å². The molecule has 0 bridgehead atoms. The first kappa shape index (κ1) is 13.4. The Morgan fingerprint density at radius 1 is 1.50 bits per heavy atom. The monoisotopic (exact) mass is 203 g/mol. The molecule has 0 saturated carbocycles. The lowest BCUT2D eigenvalue weighted by Crippen LogP contribution is -2.29. The molecule has 0 aliphatic heterocycles. The first-order chi connectivity index (χ1) is 6.70. The van der Waals surface area contributed by atoms with Crippen molar-refractivity contribution in [3.05, 3.63) is 0 Å². The molecule has 0 aliphatic rings. The first-order valence-corrected chi connectivity index (χ1v) is 5.07. The van der Waals surface area contributed by atoms with Crippen LogP contribution in [0.15, 0.2) is 0 Å². The third-order valence-electron chi connectivity index (χ3n) is 1.91. The highest BCUT2D eigenvalue weighted by Gasteiger charge is 2.04. The van der Waals surface area contributed by atoms with Crippen LogP contribution < -0.4 is 5.32 Å². The van der Waals surface area contributed by atoms with Gasteiger partial charge in [-0.2, -0.15) is 0 Å². The number of hydrogen-bond donors (Lipinski definition) is 2. The van der Waals surface area contributed by atoms with Gasteiger partial charge < -0.3 is 15.2 Å². The highest BCUT2D eigenvalue weighted by Crippen LogP contribution is 1.96. The van der Waals surface area contributed by atoms with E-state index in [4.69, 9.17) is 9.84 Å². The zero-order valence-corrected chi connectivity index (χ0v) is 9.08. The van der Waals surface area contributed by atoms with E-state index in [2.05, 4.69) is 5.32 Å². The molecule has 0 heterocycles. The molecule has 0 fully saturated rings. The summed E-state index contributed by atoms with van der Waals surface area (Å²) in [6, 6.07) is 0. The maximum Gasteiger partial charge on any atom is 0.220 e. The van der Waals surface area contributed by atoms with Crippen molar-refractivity contribution in [2.24, 2.45) is 5.92 Å². The molecule has 0 radical (unpaired) electrons. The van der Waals surface area contributed by atoms with E-state index in [9.17, 15) is 4.79 Å². The van der Waals surface area contributed by atoms with Crippen LogP contribution in [0.5, 0.6) is 0 Å². The Balaban J connectivity index is 3.34. The molecule has 0 rings (SSSR count). The molecule has 0 aromatic heterocycles. The van der Waals surface area contributed by atoms with Crippen LogP contribution in [-0.2, 0) is 9.53 Å². The van der Waals surface area contributed by atoms with Crippen molar-refractivity contribution < 1.29 is 14.6 Å². The summed E-state index contributed by atoms with van der Waals surface area (Å²) in [7, 11) is 1.65. The minimum atomic E-state index is 0.0569. The molecule has 0 aromatic carbocycles. The van der Waals surface area contributed by atoms with Gasteiger partial charge in [0.1, 0.15) is 0 Å². The summed E-state index contributed by atoms with van der Waals surface area (Å²) in [5.74, 6) is 0.406. The lowest BCUT2D eigenvalue weighted by atomic mass is 10.2. The standard InChI is InChI=1S/C10H21NO3/c1-9(8-14-2)7-11-10(13)5-3-4-6-12/h9,12H,3-8H2,1-2H3,(H,11,13). The van der Waals surface area contributed by atoms with Gasteiger partial charge in [0.2, 0.25) is 5.91 Å². The van der Waals surface area contributed by atoms with Gasteiger partial charge in [0.15, 0.2) is 0 Å². The van der Waals surface area contributed by atoms with Gasteiger partial charge in [-0.05, 0) is 18.8 Å². The molecule has 4 heteroatoms. The van der Waals surface area contributed by atoms with Crippen molar-refractivity contribution in [3.63, 3.8) is 0 Å². The van der Waals surface area contributed by atoms with Crippen LogP contribution in [0.2, 0.25) is 0 Å². The van der Waals surface area contributed by atoms with Crippen LogP contribution in [0, 0.1) is 5.92 Å². The molecule has 84 valence electrons. The van der Waals surface area contributed by atoms with Gasteiger partial charge in [-0.25, -0.2) is 0 Å². The molecule has 1 atom stereocenters. The Bertz CT molecular complexity index is 150. The van der Waals surface area contributed by atoms with Crippen molar-refractivity contribution in [1.29, 1.82) is 0 Å². The maximum absolute atomic E-state index is 11.2. The van der Waals surface area contributed by atoms with E-state index in [1.165, 1.54) is 0 Å². The molecular weight excluding hydrogens is 182 g/mol. The van der Waals surface area contributed by atoms with Gasteiger partial charge in [0, 0.05) is 26.7 Å². The van der Waals surface area contributed by atoms with Crippen molar-refractivity contribution in [1.82, 2.24) is 5.32 Å². The van der Waals surface area contributed by atoms with Gasteiger partial charge in [-0.1, -0.05) is 6.92 Å². The lowest BCUT2D eigenvalue weighted by molar-refractivity contribution is -0.121. The van der Waals surface area contributed by atoms with Crippen molar-refractivity contribution in [3.8, 4) is 0 Å². The fourth-order valence-electron chi connectivity index (χ4n) is 1.12. The Kier molecular flexibility index (Phi) is 8.57. The largest absolute Gasteiger partial charge is 0.396 e. The Hall–Kier alpha value is -0.610. The zero-order chi connectivity index (χ0) is 10.8.